The minimum atomic E-state index is -0.645. The van der Waals surface area contributed by atoms with Gasteiger partial charge in [0, 0.05) is 23.8 Å². The second kappa shape index (κ2) is 8.44. The van der Waals surface area contributed by atoms with E-state index in [4.69, 9.17) is 16.3 Å². The second-order valence-corrected chi connectivity index (χ2v) is 5.70. The Hall–Kier alpha value is -1.66. The Morgan fingerprint density at radius 2 is 2.00 bits per heavy atom. The van der Waals surface area contributed by atoms with Gasteiger partial charge in [0.1, 0.15) is 5.82 Å². The van der Waals surface area contributed by atoms with Crippen molar-refractivity contribution in [3.05, 3.63) is 64.4 Å². The van der Waals surface area contributed by atoms with Gasteiger partial charge in [0.15, 0.2) is 0 Å². The fourth-order valence-electron chi connectivity index (χ4n) is 2.43. The molecule has 0 aliphatic carbocycles. The van der Waals surface area contributed by atoms with E-state index in [0.717, 1.165) is 24.7 Å². The minimum Gasteiger partial charge on any atom is -0.371 e. The first-order valence-electron chi connectivity index (χ1n) is 7.32. The molecule has 2 N–H and O–H groups in total. The van der Waals surface area contributed by atoms with Crippen LogP contribution in [-0.4, -0.2) is 25.6 Å². The molecule has 1 heterocycles. The highest BCUT2D eigenvalue weighted by Crippen LogP contribution is 2.21. The van der Waals surface area contributed by atoms with Gasteiger partial charge in [0.2, 0.25) is 0 Å². The fourth-order valence-corrected chi connectivity index (χ4v) is 2.59. The van der Waals surface area contributed by atoms with Crippen molar-refractivity contribution in [3.8, 4) is 0 Å². The highest BCUT2D eigenvalue weighted by molar-refractivity contribution is 6.30. The van der Waals surface area contributed by atoms with Gasteiger partial charge >= 0.3 is 0 Å². The largest absolute Gasteiger partial charge is 0.371 e. The molecular weight excluding hydrogens is 354 g/mol. The molecule has 1 aliphatic rings. The number of ether oxygens (including phenoxy) is 1. The van der Waals surface area contributed by atoms with Crippen LogP contribution in [-0.2, 0) is 4.74 Å². The molecular formula is C17H17Cl2FN2O2. The Bertz CT molecular complexity index is 704. The summed E-state index contributed by atoms with van der Waals surface area (Å²) in [6.45, 7) is 2.30. The van der Waals surface area contributed by atoms with Gasteiger partial charge in [0.25, 0.3) is 5.91 Å². The monoisotopic (exact) mass is 370 g/mol. The van der Waals surface area contributed by atoms with E-state index in [1.54, 1.807) is 12.1 Å². The minimum absolute atomic E-state index is 0. The standard InChI is InChI=1S/C17H16ClFN2O2.ClH/c18-12-3-6-14(15(19)9-12)17(22)21-13-4-1-11(2-5-13)16-10-20-7-8-23-16;/h1-6,9,16,20H,7-8,10H2,(H,21,22);1H/t16-;/m1./s1. The van der Waals surface area contributed by atoms with Gasteiger partial charge in [-0.05, 0) is 35.9 Å². The maximum Gasteiger partial charge on any atom is 0.258 e. The van der Waals surface area contributed by atoms with Crippen molar-refractivity contribution >= 4 is 35.6 Å². The van der Waals surface area contributed by atoms with E-state index in [2.05, 4.69) is 10.6 Å². The van der Waals surface area contributed by atoms with E-state index < -0.39 is 11.7 Å². The van der Waals surface area contributed by atoms with Crippen LogP contribution in [0.25, 0.3) is 0 Å². The molecule has 128 valence electrons. The van der Waals surface area contributed by atoms with Crippen molar-refractivity contribution in [1.29, 1.82) is 0 Å². The summed E-state index contributed by atoms with van der Waals surface area (Å²) in [6, 6.07) is 11.3. The molecule has 0 radical (unpaired) electrons. The molecule has 0 saturated carbocycles. The first-order chi connectivity index (χ1) is 11.1. The van der Waals surface area contributed by atoms with E-state index in [1.165, 1.54) is 12.1 Å². The zero-order valence-electron chi connectivity index (χ0n) is 12.7. The Balaban J connectivity index is 0.00000208. The molecule has 1 fully saturated rings. The lowest BCUT2D eigenvalue weighted by molar-refractivity contribution is 0.0277. The maximum atomic E-state index is 13.7. The lowest BCUT2D eigenvalue weighted by atomic mass is 10.1. The second-order valence-electron chi connectivity index (χ2n) is 5.26. The number of carbonyl (C=O) groups excluding carboxylic acids is 1. The average Bonchev–Trinajstić information content (AvgIpc) is 2.56. The third-order valence-electron chi connectivity index (χ3n) is 3.64. The summed E-state index contributed by atoms with van der Waals surface area (Å²) in [5, 5.41) is 6.19. The molecule has 24 heavy (non-hydrogen) atoms. The number of hydrogen-bond donors (Lipinski definition) is 2. The molecule has 1 saturated heterocycles. The predicted octanol–water partition coefficient (Wildman–Crippen LogP) is 3.81. The van der Waals surface area contributed by atoms with Gasteiger partial charge in [0.05, 0.1) is 18.3 Å². The van der Waals surface area contributed by atoms with E-state index in [-0.39, 0.29) is 29.1 Å². The number of benzene rings is 2. The van der Waals surface area contributed by atoms with E-state index in [9.17, 15) is 9.18 Å². The number of morpholine rings is 1. The van der Waals surface area contributed by atoms with Gasteiger partial charge in [-0.25, -0.2) is 4.39 Å². The number of nitrogens with one attached hydrogen (secondary N) is 2. The van der Waals surface area contributed by atoms with Gasteiger partial charge < -0.3 is 15.4 Å². The molecule has 0 unspecified atom stereocenters. The molecule has 4 nitrogen and oxygen atoms in total. The van der Waals surface area contributed by atoms with Crippen molar-refractivity contribution in [2.24, 2.45) is 0 Å². The zero-order chi connectivity index (χ0) is 16.2. The Morgan fingerprint density at radius 3 is 2.62 bits per heavy atom. The van der Waals surface area contributed by atoms with Crippen LogP contribution in [0.15, 0.2) is 42.5 Å². The van der Waals surface area contributed by atoms with Crippen molar-refractivity contribution in [3.63, 3.8) is 0 Å². The molecule has 2 aromatic rings. The molecule has 0 aromatic heterocycles. The van der Waals surface area contributed by atoms with Crippen LogP contribution in [0.1, 0.15) is 22.0 Å². The average molecular weight is 371 g/mol. The maximum absolute atomic E-state index is 13.7. The van der Waals surface area contributed by atoms with Crippen LogP contribution in [0, 0.1) is 5.82 Å². The fraction of sp³-hybridized carbons (Fsp3) is 0.235. The van der Waals surface area contributed by atoms with Crippen LogP contribution >= 0.6 is 24.0 Å². The Kier molecular flexibility index (Phi) is 6.57. The summed E-state index contributed by atoms with van der Waals surface area (Å²) in [6.07, 6.45) is 0.0159. The summed E-state index contributed by atoms with van der Waals surface area (Å²) >= 11 is 5.68. The number of anilines is 1. The number of amides is 1. The van der Waals surface area contributed by atoms with Gasteiger partial charge in [-0.1, -0.05) is 23.7 Å². The first kappa shape index (κ1) is 18.7. The Morgan fingerprint density at radius 1 is 1.25 bits per heavy atom. The number of hydrogen-bond acceptors (Lipinski definition) is 3. The van der Waals surface area contributed by atoms with Gasteiger partial charge in [-0.3, -0.25) is 4.79 Å². The quantitative estimate of drug-likeness (QED) is 0.863. The van der Waals surface area contributed by atoms with Crippen LogP contribution in [0.2, 0.25) is 5.02 Å². The van der Waals surface area contributed by atoms with Crippen LogP contribution in [0.5, 0.6) is 0 Å². The first-order valence-corrected chi connectivity index (χ1v) is 7.70. The molecule has 2 aromatic carbocycles. The lowest BCUT2D eigenvalue weighted by Crippen LogP contribution is -2.33. The summed E-state index contributed by atoms with van der Waals surface area (Å²) in [5.74, 6) is -1.16. The molecule has 1 atom stereocenters. The molecule has 0 bridgehead atoms. The zero-order valence-corrected chi connectivity index (χ0v) is 14.3. The highest BCUT2D eigenvalue weighted by atomic mass is 35.5. The lowest BCUT2D eigenvalue weighted by Gasteiger charge is -2.24. The molecule has 0 spiro atoms. The van der Waals surface area contributed by atoms with E-state index in [0.29, 0.717) is 12.3 Å². The highest BCUT2D eigenvalue weighted by Gasteiger charge is 2.16. The number of rotatable bonds is 3. The SMILES string of the molecule is Cl.O=C(Nc1ccc([C@H]2CNCCO2)cc1)c1ccc(Cl)cc1F. The Labute approximate surface area is 150 Å². The topological polar surface area (TPSA) is 50.4 Å². The molecule has 1 aliphatic heterocycles. The van der Waals surface area contributed by atoms with E-state index >= 15 is 0 Å². The van der Waals surface area contributed by atoms with E-state index in [1.807, 2.05) is 12.1 Å². The van der Waals surface area contributed by atoms with Crippen LogP contribution in [0.3, 0.4) is 0 Å². The van der Waals surface area contributed by atoms with Crippen molar-refractivity contribution in [1.82, 2.24) is 5.32 Å². The van der Waals surface area contributed by atoms with Crippen molar-refractivity contribution in [2.45, 2.75) is 6.10 Å². The summed E-state index contributed by atoms with van der Waals surface area (Å²) < 4.78 is 19.4. The smallest absolute Gasteiger partial charge is 0.258 e. The molecule has 3 rings (SSSR count). The summed E-state index contributed by atoms with van der Waals surface area (Å²) in [7, 11) is 0. The summed E-state index contributed by atoms with van der Waals surface area (Å²) in [5.41, 5.74) is 1.59. The molecule has 1 amide bonds. The predicted molar refractivity (Wildman–Crippen MR) is 94.6 cm³/mol. The van der Waals surface area contributed by atoms with Gasteiger partial charge in [-0.15, -0.1) is 12.4 Å². The van der Waals surface area contributed by atoms with Crippen LogP contribution < -0.4 is 10.6 Å². The van der Waals surface area contributed by atoms with Gasteiger partial charge in [-0.2, -0.15) is 0 Å². The van der Waals surface area contributed by atoms with Crippen molar-refractivity contribution in [2.75, 3.05) is 25.0 Å². The molecule has 7 heteroatoms. The normalized spacial score (nSPS) is 17.0. The van der Waals surface area contributed by atoms with Crippen LogP contribution in [0.4, 0.5) is 10.1 Å². The third-order valence-corrected chi connectivity index (χ3v) is 3.88. The third kappa shape index (κ3) is 4.45. The van der Waals surface area contributed by atoms with Crippen molar-refractivity contribution < 1.29 is 13.9 Å². The summed E-state index contributed by atoms with van der Waals surface area (Å²) in [4.78, 5) is 12.1. The number of carbonyl (C=O) groups is 1. The number of halogens is 3.